The summed E-state index contributed by atoms with van der Waals surface area (Å²) in [5.74, 6) is -0.380. The molecular weight excluding hydrogens is 290 g/mol. The van der Waals surface area contributed by atoms with E-state index in [-0.39, 0.29) is 5.97 Å². The lowest BCUT2D eigenvalue weighted by atomic mass is 10.0. The topological polar surface area (TPSA) is 72.5 Å². The Morgan fingerprint density at radius 3 is 1.86 bits per heavy atom. The van der Waals surface area contributed by atoms with Crippen LogP contribution >= 0.6 is 0 Å². The highest BCUT2D eigenvalue weighted by molar-refractivity contribution is 7.92. The highest BCUT2D eigenvalue weighted by Gasteiger charge is 2.06. The van der Waals surface area contributed by atoms with Gasteiger partial charge in [-0.05, 0) is 35.4 Å². The molecule has 2 aromatic rings. The van der Waals surface area contributed by atoms with Gasteiger partial charge in [-0.25, -0.2) is 13.2 Å². The molecule has 0 atom stereocenters. The quantitative estimate of drug-likeness (QED) is 0.881. The first-order chi connectivity index (χ1) is 9.89. The third-order valence-electron chi connectivity index (χ3n) is 2.83. The van der Waals surface area contributed by atoms with Crippen molar-refractivity contribution in [1.82, 2.24) is 0 Å². The molecule has 0 amide bonds. The van der Waals surface area contributed by atoms with E-state index in [0.717, 1.165) is 17.4 Å². The van der Waals surface area contributed by atoms with Gasteiger partial charge in [-0.3, -0.25) is 4.72 Å². The minimum atomic E-state index is -3.27. The highest BCUT2D eigenvalue weighted by atomic mass is 32.2. The maximum absolute atomic E-state index is 11.4. The van der Waals surface area contributed by atoms with Crippen molar-refractivity contribution in [3.8, 4) is 11.1 Å². The average Bonchev–Trinajstić information content (AvgIpc) is 2.46. The van der Waals surface area contributed by atoms with Gasteiger partial charge in [0.2, 0.25) is 10.0 Å². The van der Waals surface area contributed by atoms with Gasteiger partial charge >= 0.3 is 5.97 Å². The summed E-state index contributed by atoms with van der Waals surface area (Å²) in [5.41, 5.74) is 2.84. The summed E-state index contributed by atoms with van der Waals surface area (Å²) in [7, 11) is -1.94. The van der Waals surface area contributed by atoms with Crippen molar-refractivity contribution >= 4 is 21.7 Å². The van der Waals surface area contributed by atoms with Gasteiger partial charge in [0.05, 0.1) is 18.9 Å². The number of hydrogen-bond donors (Lipinski definition) is 1. The molecule has 0 saturated carbocycles. The molecule has 0 aromatic heterocycles. The van der Waals surface area contributed by atoms with Crippen molar-refractivity contribution in [3.63, 3.8) is 0 Å². The van der Waals surface area contributed by atoms with E-state index in [1.165, 1.54) is 7.11 Å². The summed E-state index contributed by atoms with van der Waals surface area (Å²) < 4.78 is 29.3. The summed E-state index contributed by atoms with van der Waals surface area (Å²) in [6, 6.07) is 14.0. The van der Waals surface area contributed by atoms with Crippen molar-refractivity contribution < 1.29 is 17.9 Å². The second kappa shape index (κ2) is 5.97. The Hall–Kier alpha value is -2.34. The van der Waals surface area contributed by atoms with Gasteiger partial charge in [0.1, 0.15) is 0 Å². The predicted molar refractivity (Wildman–Crippen MR) is 81.7 cm³/mol. The molecule has 1 N–H and O–H groups in total. The van der Waals surface area contributed by atoms with Gasteiger partial charge in [0.25, 0.3) is 0 Å². The number of nitrogens with one attached hydrogen (secondary N) is 1. The van der Waals surface area contributed by atoms with Crippen molar-refractivity contribution in [1.29, 1.82) is 0 Å². The van der Waals surface area contributed by atoms with Crippen LogP contribution in [0.3, 0.4) is 0 Å². The van der Waals surface area contributed by atoms with E-state index in [2.05, 4.69) is 9.46 Å². The lowest BCUT2D eigenvalue weighted by molar-refractivity contribution is 0.0600. The molecular formula is C15H15NO4S. The van der Waals surface area contributed by atoms with Crippen LogP contribution in [-0.4, -0.2) is 27.8 Å². The lowest BCUT2D eigenvalue weighted by Gasteiger charge is -2.06. The molecule has 0 unspecified atom stereocenters. The lowest BCUT2D eigenvalue weighted by Crippen LogP contribution is -2.09. The van der Waals surface area contributed by atoms with E-state index < -0.39 is 10.0 Å². The van der Waals surface area contributed by atoms with Crippen LogP contribution < -0.4 is 4.72 Å². The molecule has 0 aliphatic heterocycles. The molecule has 0 radical (unpaired) electrons. The summed E-state index contributed by atoms with van der Waals surface area (Å²) >= 11 is 0. The van der Waals surface area contributed by atoms with E-state index >= 15 is 0 Å². The zero-order valence-electron chi connectivity index (χ0n) is 11.7. The number of carbonyl (C=O) groups excluding carboxylic acids is 1. The van der Waals surface area contributed by atoms with Gasteiger partial charge in [-0.1, -0.05) is 24.3 Å². The van der Waals surface area contributed by atoms with E-state index in [4.69, 9.17) is 0 Å². The highest BCUT2D eigenvalue weighted by Crippen LogP contribution is 2.22. The smallest absolute Gasteiger partial charge is 0.337 e. The predicted octanol–water partition coefficient (Wildman–Crippen LogP) is 2.51. The maximum Gasteiger partial charge on any atom is 0.337 e. The number of benzene rings is 2. The number of methoxy groups -OCH3 is 1. The first kappa shape index (κ1) is 15.1. The normalized spacial score (nSPS) is 11.0. The van der Waals surface area contributed by atoms with Crippen LogP contribution in [0.25, 0.3) is 11.1 Å². The Kier molecular flexibility index (Phi) is 4.28. The number of rotatable bonds is 4. The largest absolute Gasteiger partial charge is 0.465 e. The zero-order chi connectivity index (χ0) is 15.5. The monoisotopic (exact) mass is 305 g/mol. The second-order valence-electron chi connectivity index (χ2n) is 4.52. The van der Waals surface area contributed by atoms with E-state index in [9.17, 15) is 13.2 Å². The van der Waals surface area contributed by atoms with Crippen molar-refractivity contribution in [3.05, 3.63) is 54.1 Å². The van der Waals surface area contributed by atoms with Gasteiger partial charge in [0.15, 0.2) is 0 Å². The summed E-state index contributed by atoms with van der Waals surface area (Å²) in [6.07, 6.45) is 1.10. The van der Waals surface area contributed by atoms with Gasteiger partial charge in [-0.2, -0.15) is 0 Å². The van der Waals surface area contributed by atoms with Crippen LogP contribution in [0, 0.1) is 0 Å². The average molecular weight is 305 g/mol. The molecule has 2 rings (SSSR count). The molecule has 0 fully saturated rings. The van der Waals surface area contributed by atoms with Crippen LogP contribution in [0.2, 0.25) is 0 Å². The van der Waals surface area contributed by atoms with E-state index in [1.54, 1.807) is 36.4 Å². The minimum absolute atomic E-state index is 0.380. The Bertz CT molecular complexity index is 734. The molecule has 0 bridgehead atoms. The first-order valence-electron chi connectivity index (χ1n) is 6.15. The molecule has 6 heteroatoms. The number of ether oxygens (including phenoxy) is 1. The molecule has 21 heavy (non-hydrogen) atoms. The Balaban J connectivity index is 2.21. The number of sulfonamides is 1. The van der Waals surface area contributed by atoms with Gasteiger partial charge in [-0.15, -0.1) is 0 Å². The standard InChI is InChI=1S/C15H15NO4S/c1-20-15(17)13-5-3-11(4-6-13)12-7-9-14(10-8-12)16-21(2,18)19/h3-10,16H,1-2H3. The third-order valence-corrected chi connectivity index (χ3v) is 3.43. The molecule has 0 aliphatic carbocycles. The third kappa shape index (κ3) is 4.06. The fraction of sp³-hybridized carbons (Fsp3) is 0.133. The second-order valence-corrected chi connectivity index (χ2v) is 6.27. The molecule has 2 aromatic carbocycles. The zero-order valence-corrected chi connectivity index (χ0v) is 12.5. The Morgan fingerprint density at radius 2 is 1.43 bits per heavy atom. The number of anilines is 1. The van der Waals surface area contributed by atoms with Crippen LogP contribution in [0.4, 0.5) is 5.69 Å². The first-order valence-corrected chi connectivity index (χ1v) is 8.05. The van der Waals surface area contributed by atoms with E-state index in [0.29, 0.717) is 11.3 Å². The van der Waals surface area contributed by atoms with Crippen LogP contribution in [0.15, 0.2) is 48.5 Å². The molecule has 0 spiro atoms. The van der Waals surface area contributed by atoms with Gasteiger partial charge in [0, 0.05) is 5.69 Å². The Morgan fingerprint density at radius 1 is 0.952 bits per heavy atom. The number of esters is 1. The van der Waals surface area contributed by atoms with Crippen molar-refractivity contribution in [2.45, 2.75) is 0 Å². The van der Waals surface area contributed by atoms with E-state index in [1.807, 2.05) is 12.1 Å². The van der Waals surface area contributed by atoms with Crippen molar-refractivity contribution in [2.24, 2.45) is 0 Å². The summed E-state index contributed by atoms with van der Waals surface area (Å²) in [6.45, 7) is 0. The molecule has 0 heterocycles. The molecule has 0 aliphatic rings. The Labute approximate surface area is 123 Å². The fourth-order valence-electron chi connectivity index (χ4n) is 1.86. The molecule has 0 saturated heterocycles. The fourth-order valence-corrected chi connectivity index (χ4v) is 2.43. The number of carbonyl (C=O) groups is 1. The number of hydrogen-bond acceptors (Lipinski definition) is 4. The maximum atomic E-state index is 11.4. The SMILES string of the molecule is COC(=O)c1ccc(-c2ccc(NS(C)(=O)=O)cc2)cc1. The summed E-state index contributed by atoms with van der Waals surface area (Å²) in [4.78, 5) is 11.4. The van der Waals surface area contributed by atoms with Crippen LogP contribution in [0.1, 0.15) is 10.4 Å². The molecule has 110 valence electrons. The van der Waals surface area contributed by atoms with Crippen molar-refractivity contribution in [2.75, 3.05) is 18.1 Å². The minimum Gasteiger partial charge on any atom is -0.465 e. The molecule has 5 nitrogen and oxygen atoms in total. The van der Waals surface area contributed by atoms with Crippen LogP contribution in [0.5, 0.6) is 0 Å². The van der Waals surface area contributed by atoms with Crippen LogP contribution in [-0.2, 0) is 14.8 Å². The summed E-state index contributed by atoms with van der Waals surface area (Å²) in [5, 5.41) is 0. The van der Waals surface area contributed by atoms with Gasteiger partial charge < -0.3 is 4.74 Å².